The summed E-state index contributed by atoms with van der Waals surface area (Å²) in [5, 5.41) is 9.01. The number of rotatable bonds is 3. The molecule has 0 aromatic heterocycles. The molecule has 0 aliphatic heterocycles. The van der Waals surface area contributed by atoms with Gasteiger partial charge in [-0.05, 0) is 23.3 Å². The van der Waals surface area contributed by atoms with Gasteiger partial charge in [0.1, 0.15) is 6.07 Å². The summed E-state index contributed by atoms with van der Waals surface area (Å²) in [6, 6.07) is 16.5. The summed E-state index contributed by atoms with van der Waals surface area (Å²) < 4.78 is 23.3. The Morgan fingerprint density at radius 3 is 2.44 bits per heavy atom. The van der Waals surface area contributed by atoms with Crippen molar-refractivity contribution in [2.45, 2.75) is 0 Å². The van der Waals surface area contributed by atoms with Crippen LogP contribution in [0.25, 0.3) is 11.1 Å². The van der Waals surface area contributed by atoms with Crippen molar-refractivity contribution < 1.29 is 8.76 Å². The molecule has 0 spiro atoms. The van der Waals surface area contributed by atoms with Gasteiger partial charge in [0, 0.05) is 11.3 Å². The average molecular weight is 257 g/mol. The molecule has 0 bridgehead atoms. The van der Waals surface area contributed by atoms with Crippen LogP contribution in [0.1, 0.15) is 5.56 Å². The molecule has 0 saturated carbocycles. The van der Waals surface area contributed by atoms with Crippen molar-refractivity contribution in [1.82, 2.24) is 0 Å². The Balaban J connectivity index is 2.43. The lowest BCUT2D eigenvalue weighted by Crippen LogP contribution is -2.03. The Hall–Kier alpha value is -2.16. The van der Waals surface area contributed by atoms with Crippen LogP contribution in [0.2, 0.25) is 0 Å². The second-order valence-electron chi connectivity index (χ2n) is 3.57. The minimum absolute atomic E-state index is 0.283. The van der Waals surface area contributed by atoms with Gasteiger partial charge in [-0.15, -0.1) is 0 Å². The second kappa shape index (κ2) is 5.45. The van der Waals surface area contributed by atoms with Gasteiger partial charge in [0.2, 0.25) is 0 Å². The monoisotopic (exact) mass is 257 g/mol. The molecule has 4 nitrogen and oxygen atoms in total. The molecule has 1 atom stereocenters. The summed E-state index contributed by atoms with van der Waals surface area (Å²) in [4.78, 5) is 0. The fourth-order valence-corrected chi connectivity index (χ4v) is 1.98. The quantitative estimate of drug-likeness (QED) is 0.858. The molecule has 18 heavy (non-hydrogen) atoms. The highest BCUT2D eigenvalue weighted by Crippen LogP contribution is 2.24. The molecule has 0 radical (unpaired) electrons. The van der Waals surface area contributed by atoms with Crippen molar-refractivity contribution in [3.8, 4) is 17.2 Å². The van der Waals surface area contributed by atoms with Gasteiger partial charge >= 0.3 is 0 Å². The van der Waals surface area contributed by atoms with E-state index in [-0.39, 0.29) is 5.69 Å². The normalized spacial score (nSPS) is 11.6. The Labute approximate surface area is 107 Å². The third kappa shape index (κ3) is 2.74. The van der Waals surface area contributed by atoms with Gasteiger partial charge in [-0.1, -0.05) is 36.4 Å². The van der Waals surface area contributed by atoms with Gasteiger partial charge in [-0.3, -0.25) is 4.21 Å². The molecule has 2 aromatic rings. The van der Waals surface area contributed by atoms with Gasteiger partial charge in [0.05, 0.1) is 11.3 Å². The second-order valence-corrected chi connectivity index (χ2v) is 4.25. The fraction of sp³-hybridized carbons (Fsp3) is 0. The maximum absolute atomic E-state index is 10.6. The van der Waals surface area contributed by atoms with E-state index < -0.39 is 11.3 Å². The van der Waals surface area contributed by atoms with Crippen LogP contribution < -0.4 is 4.72 Å². The van der Waals surface area contributed by atoms with Crippen molar-refractivity contribution in [3.05, 3.63) is 54.1 Å². The smallest absolute Gasteiger partial charge is 0.101 e. The molecule has 2 aromatic carbocycles. The molecule has 0 amide bonds. The van der Waals surface area contributed by atoms with Crippen LogP contribution in [-0.4, -0.2) is 8.76 Å². The van der Waals surface area contributed by atoms with E-state index in [1.165, 1.54) is 0 Å². The summed E-state index contributed by atoms with van der Waals surface area (Å²) in [7, 11) is 0. The number of nitrogens with one attached hydrogen (secondary N) is 1. The first kappa shape index (κ1) is 12.3. The molecule has 1 unspecified atom stereocenters. The minimum atomic E-state index is -2.43. The van der Waals surface area contributed by atoms with Crippen molar-refractivity contribution in [2.24, 2.45) is 0 Å². The third-order valence-electron chi connectivity index (χ3n) is 2.44. The van der Waals surface area contributed by atoms with E-state index >= 15 is 0 Å². The zero-order valence-corrected chi connectivity index (χ0v) is 10.1. The van der Waals surface area contributed by atoms with Crippen LogP contribution in [0.5, 0.6) is 0 Å². The zero-order valence-electron chi connectivity index (χ0n) is 9.29. The van der Waals surface area contributed by atoms with Crippen LogP contribution in [-0.2, 0) is 11.3 Å². The highest BCUT2D eigenvalue weighted by atomic mass is 32.2. The molecule has 0 fully saturated rings. The van der Waals surface area contributed by atoms with Crippen molar-refractivity contribution in [3.63, 3.8) is 0 Å². The van der Waals surface area contributed by atoms with E-state index in [1.54, 1.807) is 18.2 Å². The topological polar surface area (TPSA) is 76.0 Å². The maximum atomic E-state index is 10.6. The van der Waals surface area contributed by atoms with Gasteiger partial charge in [0.25, 0.3) is 0 Å². The molecule has 0 aliphatic carbocycles. The zero-order chi connectivity index (χ0) is 13.0. The van der Waals surface area contributed by atoms with E-state index in [2.05, 4.69) is 4.72 Å². The number of benzene rings is 2. The largest absolute Gasteiger partial charge is 0.755 e. The van der Waals surface area contributed by atoms with Gasteiger partial charge < -0.3 is 9.27 Å². The van der Waals surface area contributed by atoms with E-state index in [4.69, 9.17) is 5.26 Å². The standard InChI is InChI=1S/C13H10N2O2S/c14-9-12-8-11(10-4-2-1-3-5-10)6-7-13(12)15-18(16)17/h1-8,15H,(H,16,17)/p-1. The lowest BCUT2D eigenvalue weighted by molar-refractivity contribution is 0.542. The maximum Gasteiger partial charge on any atom is 0.101 e. The van der Waals surface area contributed by atoms with E-state index in [0.717, 1.165) is 11.1 Å². The Bertz CT molecular complexity index is 621. The lowest BCUT2D eigenvalue weighted by Gasteiger charge is -2.11. The van der Waals surface area contributed by atoms with E-state index in [1.807, 2.05) is 36.4 Å². The Kier molecular flexibility index (Phi) is 3.72. The predicted molar refractivity (Wildman–Crippen MR) is 69.1 cm³/mol. The predicted octanol–water partition coefficient (Wildman–Crippen LogP) is 2.43. The molecule has 5 heteroatoms. The van der Waals surface area contributed by atoms with Crippen molar-refractivity contribution in [1.29, 1.82) is 5.26 Å². The fourth-order valence-electron chi connectivity index (χ4n) is 1.63. The highest BCUT2D eigenvalue weighted by molar-refractivity contribution is 7.80. The van der Waals surface area contributed by atoms with Crippen LogP contribution in [0, 0.1) is 11.3 Å². The molecular formula is C13H9N2O2S-. The molecule has 90 valence electrons. The Morgan fingerprint density at radius 2 is 1.83 bits per heavy atom. The third-order valence-corrected chi connectivity index (χ3v) is 2.83. The molecule has 2 rings (SSSR count). The summed E-state index contributed by atoms with van der Waals surface area (Å²) in [5.74, 6) is 0. The van der Waals surface area contributed by atoms with Crippen molar-refractivity contribution in [2.75, 3.05) is 4.72 Å². The van der Waals surface area contributed by atoms with Gasteiger partial charge in [0.15, 0.2) is 0 Å². The highest BCUT2D eigenvalue weighted by Gasteiger charge is 2.04. The molecular weight excluding hydrogens is 248 g/mol. The summed E-state index contributed by atoms with van der Waals surface area (Å²) >= 11 is -2.43. The number of nitrogens with zero attached hydrogens (tertiary/aromatic N) is 1. The van der Waals surface area contributed by atoms with E-state index in [0.29, 0.717) is 5.56 Å². The SMILES string of the molecule is N#Cc1cc(-c2ccccc2)ccc1NS(=O)[O-]. The minimum Gasteiger partial charge on any atom is -0.755 e. The first-order valence-electron chi connectivity index (χ1n) is 5.16. The van der Waals surface area contributed by atoms with Crippen LogP contribution in [0.3, 0.4) is 0 Å². The summed E-state index contributed by atoms with van der Waals surface area (Å²) in [5.41, 5.74) is 2.42. The molecule has 0 aliphatic rings. The van der Waals surface area contributed by atoms with Crippen molar-refractivity contribution >= 4 is 17.0 Å². The lowest BCUT2D eigenvalue weighted by atomic mass is 10.0. The Morgan fingerprint density at radius 1 is 1.11 bits per heavy atom. The summed E-state index contributed by atoms with van der Waals surface area (Å²) in [6.45, 7) is 0. The average Bonchev–Trinajstić information content (AvgIpc) is 2.39. The van der Waals surface area contributed by atoms with Gasteiger partial charge in [-0.2, -0.15) is 5.26 Å². The van der Waals surface area contributed by atoms with Crippen LogP contribution >= 0.6 is 0 Å². The van der Waals surface area contributed by atoms with Crippen LogP contribution in [0.4, 0.5) is 5.69 Å². The number of anilines is 1. The summed E-state index contributed by atoms with van der Waals surface area (Å²) in [6.07, 6.45) is 0. The van der Waals surface area contributed by atoms with Gasteiger partial charge in [-0.25, -0.2) is 0 Å². The number of nitriles is 1. The molecule has 1 N–H and O–H groups in total. The first-order chi connectivity index (χ1) is 8.70. The first-order valence-corrected chi connectivity index (χ1v) is 6.23. The van der Waals surface area contributed by atoms with E-state index in [9.17, 15) is 8.76 Å². The molecule has 0 heterocycles. The van der Waals surface area contributed by atoms with Crippen LogP contribution in [0.15, 0.2) is 48.5 Å². The number of hydrogen-bond donors (Lipinski definition) is 1. The number of hydrogen-bond acceptors (Lipinski definition) is 3. The molecule has 0 saturated heterocycles.